The number of hydrogen-bond donors (Lipinski definition) is 1. The number of esters is 1. The van der Waals surface area contributed by atoms with Crippen LogP contribution in [0.5, 0.6) is 0 Å². The van der Waals surface area contributed by atoms with E-state index in [1.807, 2.05) is 13.8 Å². The van der Waals surface area contributed by atoms with E-state index in [9.17, 15) is 4.79 Å². The molecule has 2 unspecified atom stereocenters. The van der Waals surface area contributed by atoms with Gasteiger partial charge in [0, 0.05) is 11.8 Å². The lowest BCUT2D eigenvalue weighted by Gasteiger charge is -2.42. The summed E-state index contributed by atoms with van der Waals surface area (Å²) in [6.45, 7) is 4.99. The van der Waals surface area contributed by atoms with Gasteiger partial charge in [0.15, 0.2) is 0 Å². The highest BCUT2D eigenvalue weighted by molar-refractivity contribution is 6.76. The Morgan fingerprint density at radius 2 is 2.00 bits per heavy atom. The number of nitrogens with zero attached hydrogens (tertiary/aromatic N) is 3. The lowest BCUT2D eigenvalue weighted by molar-refractivity contribution is -0.212. The molecule has 0 aromatic carbocycles. The van der Waals surface area contributed by atoms with Crippen molar-refractivity contribution in [3.05, 3.63) is 10.4 Å². The number of carbonyl (C=O) groups excluding carboxylic acids is 1. The van der Waals surface area contributed by atoms with Crippen molar-refractivity contribution in [2.75, 3.05) is 6.61 Å². The fraction of sp³-hybridized carbons (Fsp3) is 0.833. The molecule has 23 heavy (non-hydrogen) atoms. The summed E-state index contributed by atoms with van der Waals surface area (Å²) in [6.07, 6.45) is -1.63. The van der Waals surface area contributed by atoms with Crippen molar-refractivity contribution in [3.63, 3.8) is 0 Å². The van der Waals surface area contributed by atoms with E-state index in [2.05, 4.69) is 10.0 Å². The molecule has 0 saturated carbocycles. The smallest absolute Gasteiger partial charge is 0.302 e. The van der Waals surface area contributed by atoms with E-state index >= 15 is 0 Å². The number of halogens is 3. The molecule has 1 aliphatic rings. The van der Waals surface area contributed by atoms with Gasteiger partial charge in [-0.25, -0.2) is 0 Å². The number of hydrogen-bond acceptors (Lipinski definition) is 6. The third kappa shape index (κ3) is 5.58. The molecule has 1 fully saturated rings. The van der Waals surface area contributed by atoms with Crippen LogP contribution in [0.4, 0.5) is 0 Å². The molecule has 0 aliphatic carbocycles. The molecule has 0 radical (unpaired) electrons. The Labute approximate surface area is 148 Å². The van der Waals surface area contributed by atoms with E-state index in [0.717, 1.165) is 0 Å². The largest absolute Gasteiger partial charge is 0.463 e. The molecule has 1 saturated heterocycles. The number of azide groups is 1. The van der Waals surface area contributed by atoms with Crippen LogP contribution in [0.1, 0.15) is 20.8 Å². The van der Waals surface area contributed by atoms with Gasteiger partial charge in [-0.1, -0.05) is 53.8 Å². The first-order valence-electron chi connectivity index (χ1n) is 6.73. The fourth-order valence-corrected chi connectivity index (χ4v) is 2.30. The highest BCUT2D eigenvalue weighted by atomic mass is 35.6. The van der Waals surface area contributed by atoms with Crippen LogP contribution >= 0.6 is 34.8 Å². The lowest BCUT2D eigenvalue weighted by atomic mass is 9.82. The standard InChI is InChI=1S/C12H17Cl3N4O4/c1-5-6(2)9(18-19-17)10(23-11(16)12(13,14)15)22-8(5)4-21-7(3)20/h5-6,8-10,16H,4H2,1-3H3/t5-,6-,8?,9?,10+/m0/s1. The van der Waals surface area contributed by atoms with E-state index in [0.29, 0.717) is 0 Å². The van der Waals surface area contributed by atoms with Crippen LogP contribution in [0.15, 0.2) is 5.11 Å². The number of alkyl halides is 3. The van der Waals surface area contributed by atoms with Crippen LogP contribution in [0.2, 0.25) is 0 Å². The molecule has 0 bridgehead atoms. The molecule has 1 heterocycles. The normalized spacial score (nSPS) is 31.0. The number of nitrogens with one attached hydrogen (secondary N) is 1. The van der Waals surface area contributed by atoms with Crippen molar-refractivity contribution in [3.8, 4) is 0 Å². The molecule has 1 N–H and O–H groups in total. The van der Waals surface area contributed by atoms with Crippen LogP contribution < -0.4 is 0 Å². The van der Waals surface area contributed by atoms with E-state index in [1.54, 1.807) is 0 Å². The predicted molar refractivity (Wildman–Crippen MR) is 85.7 cm³/mol. The van der Waals surface area contributed by atoms with Gasteiger partial charge in [0.1, 0.15) is 12.6 Å². The molecule has 0 aromatic rings. The first-order chi connectivity index (χ1) is 10.6. The molecule has 0 amide bonds. The van der Waals surface area contributed by atoms with E-state index < -0.39 is 34.1 Å². The van der Waals surface area contributed by atoms with Gasteiger partial charge in [0.2, 0.25) is 12.2 Å². The minimum atomic E-state index is -2.07. The van der Waals surface area contributed by atoms with Crippen molar-refractivity contribution < 1.29 is 19.0 Å². The van der Waals surface area contributed by atoms with E-state index in [4.69, 9.17) is 60.0 Å². The Balaban J connectivity index is 2.94. The van der Waals surface area contributed by atoms with Gasteiger partial charge in [-0.2, -0.15) is 0 Å². The average Bonchev–Trinajstić information content (AvgIpc) is 2.44. The molecular formula is C12H17Cl3N4O4. The number of ether oxygens (including phenoxy) is 3. The summed E-state index contributed by atoms with van der Waals surface area (Å²) in [5.74, 6) is -1.37. The fourth-order valence-electron chi connectivity index (χ4n) is 2.16. The topological polar surface area (TPSA) is 117 Å². The van der Waals surface area contributed by atoms with Crippen LogP contribution in [0.3, 0.4) is 0 Å². The van der Waals surface area contributed by atoms with Crippen LogP contribution in [-0.2, 0) is 19.0 Å². The molecule has 130 valence electrons. The van der Waals surface area contributed by atoms with Gasteiger partial charge in [-0.15, -0.1) is 0 Å². The van der Waals surface area contributed by atoms with Gasteiger partial charge in [0.25, 0.3) is 3.79 Å². The molecule has 1 rings (SSSR count). The van der Waals surface area contributed by atoms with Crippen molar-refractivity contribution in [2.24, 2.45) is 17.0 Å². The quantitative estimate of drug-likeness (QED) is 0.151. The lowest BCUT2D eigenvalue weighted by Crippen LogP contribution is -2.52. The third-order valence-electron chi connectivity index (χ3n) is 3.67. The zero-order chi connectivity index (χ0) is 17.8. The van der Waals surface area contributed by atoms with E-state index in [-0.39, 0.29) is 18.4 Å². The highest BCUT2D eigenvalue weighted by Gasteiger charge is 2.44. The summed E-state index contributed by atoms with van der Waals surface area (Å²) >= 11 is 16.8. The Kier molecular flexibility index (Phi) is 7.23. The minimum absolute atomic E-state index is 0.00475. The first-order valence-corrected chi connectivity index (χ1v) is 7.86. The van der Waals surface area contributed by atoms with Crippen LogP contribution in [0.25, 0.3) is 10.4 Å². The summed E-state index contributed by atoms with van der Waals surface area (Å²) < 4.78 is 13.8. The molecule has 11 heteroatoms. The maximum atomic E-state index is 11.0. The molecule has 0 spiro atoms. The van der Waals surface area contributed by atoms with Crippen molar-refractivity contribution in [1.82, 2.24) is 0 Å². The second-order valence-corrected chi connectivity index (χ2v) is 7.49. The SMILES string of the molecule is CC(=O)OCC1O[C@H](OC(=N)C(Cl)(Cl)Cl)C(N=[N+]=[N-])[C@@H](C)[C@@H]1C. The maximum Gasteiger partial charge on any atom is 0.302 e. The van der Waals surface area contributed by atoms with Gasteiger partial charge >= 0.3 is 5.97 Å². The Bertz CT molecular complexity index is 507. The second kappa shape index (κ2) is 8.26. The zero-order valence-corrected chi connectivity index (χ0v) is 15.0. The van der Waals surface area contributed by atoms with Crippen molar-refractivity contribution in [2.45, 2.75) is 43.0 Å². The zero-order valence-electron chi connectivity index (χ0n) is 12.7. The highest BCUT2D eigenvalue weighted by Crippen LogP contribution is 2.36. The van der Waals surface area contributed by atoms with Gasteiger partial charge < -0.3 is 14.2 Å². The molecule has 1 aliphatic heterocycles. The van der Waals surface area contributed by atoms with Gasteiger partial charge in [-0.05, 0) is 17.4 Å². The number of rotatable bonds is 4. The molecule has 5 atom stereocenters. The Morgan fingerprint density at radius 1 is 1.39 bits per heavy atom. The summed E-state index contributed by atoms with van der Waals surface area (Å²) in [5, 5.41) is 11.3. The van der Waals surface area contributed by atoms with Crippen LogP contribution in [0, 0.1) is 17.2 Å². The monoisotopic (exact) mass is 386 g/mol. The molecule has 8 nitrogen and oxygen atoms in total. The summed E-state index contributed by atoms with van der Waals surface area (Å²) in [6, 6.07) is -0.726. The number of carbonyl (C=O) groups is 1. The summed E-state index contributed by atoms with van der Waals surface area (Å²) in [7, 11) is 0. The minimum Gasteiger partial charge on any atom is -0.463 e. The van der Waals surface area contributed by atoms with Crippen molar-refractivity contribution >= 4 is 46.7 Å². The van der Waals surface area contributed by atoms with Gasteiger partial charge in [-0.3, -0.25) is 10.2 Å². The average molecular weight is 388 g/mol. The Hall–Kier alpha value is -0.920. The Morgan fingerprint density at radius 3 is 2.48 bits per heavy atom. The third-order valence-corrected chi connectivity index (χ3v) is 4.18. The molecular weight excluding hydrogens is 371 g/mol. The van der Waals surface area contributed by atoms with E-state index in [1.165, 1.54) is 6.92 Å². The summed E-state index contributed by atoms with van der Waals surface area (Å²) in [4.78, 5) is 13.7. The first kappa shape index (κ1) is 20.1. The van der Waals surface area contributed by atoms with Crippen molar-refractivity contribution in [1.29, 1.82) is 5.41 Å². The van der Waals surface area contributed by atoms with Crippen LogP contribution in [-0.4, -0.2) is 40.7 Å². The second-order valence-electron chi connectivity index (χ2n) is 5.20. The maximum absolute atomic E-state index is 11.0. The van der Waals surface area contributed by atoms with Gasteiger partial charge in [0.05, 0.1) is 6.10 Å². The molecule has 0 aromatic heterocycles. The predicted octanol–water partition coefficient (Wildman–Crippen LogP) is 3.59. The summed E-state index contributed by atoms with van der Waals surface area (Å²) in [5.41, 5.74) is 8.72.